The molecule has 0 aliphatic carbocycles. The summed E-state index contributed by atoms with van der Waals surface area (Å²) in [7, 11) is 0. The Morgan fingerprint density at radius 1 is 1.55 bits per heavy atom. The van der Waals surface area contributed by atoms with E-state index < -0.39 is 0 Å². The SMILES string of the molecule is CCO[C@H]1CO[C@@]2(CCCN(Cc3cc(C)on3)C2)C1. The molecule has 2 fully saturated rings. The third-order valence-corrected chi connectivity index (χ3v) is 4.26. The molecule has 0 N–H and O–H groups in total. The molecule has 2 saturated heterocycles. The second-order valence-electron chi connectivity index (χ2n) is 6.02. The number of nitrogens with zero attached hydrogens (tertiary/aromatic N) is 2. The largest absolute Gasteiger partial charge is 0.376 e. The summed E-state index contributed by atoms with van der Waals surface area (Å²) in [5.74, 6) is 0.875. The number of likely N-dealkylation sites (tertiary alicyclic amines) is 1. The first-order chi connectivity index (χ1) is 9.69. The number of ether oxygens (including phenoxy) is 2. The fourth-order valence-corrected chi connectivity index (χ4v) is 3.48. The fraction of sp³-hybridized carbons (Fsp3) is 0.800. The van der Waals surface area contributed by atoms with Crippen LogP contribution in [0.5, 0.6) is 0 Å². The van der Waals surface area contributed by atoms with Gasteiger partial charge in [-0.15, -0.1) is 0 Å². The Kier molecular flexibility index (Phi) is 4.10. The maximum atomic E-state index is 6.11. The lowest BCUT2D eigenvalue weighted by atomic mass is 9.89. The number of piperidine rings is 1. The smallest absolute Gasteiger partial charge is 0.133 e. The Hall–Kier alpha value is -0.910. The van der Waals surface area contributed by atoms with Crippen molar-refractivity contribution < 1.29 is 14.0 Å². The summed E-state index contributed by atoms with van der Waals surface area (Å²) in [4.78, 5) is 2.43. The fourth-order valence-electron chi connectivity index (χ4n) is 3.48. The van der Waals surface area contributed by atoms with Crippen LogP contribution >= 0.6 is 0 Å². The van der Waals surface area contributed by atoms with Gasteiger partial charge in [0.05, 0.1) is 24.0 Å². The molecule has 1 aromatic heterocycles. The zero-order valence-electron chi connectivity index (χ0n) is 12.4. The lowest BCUT2D eigenvalue weighted by Gasteiger charge is -2.39. The number of aryl methyl sites for hydroxylation is 1. The number of hydrogen-bond donors (Lipinski definition) is 0. The lowest BCUT2D eigenvalue weighted by Crippen LogP contribution is -2.47. The van der Waals surface area contributed by atoms with Crippen LogP contribution in [0.2, 0.25) is 0 Å². The van der Waals surface area contributed by atoms with Gasteiger partial charge >= 0.3 is 0 Å². The van der Waals surface area contributed by atoms with Crippen molar-refractivity contribution in [3.05, 3.63) is 17.5 Å². The summed E-state index contributed by atoms with van der Waals surface area (Å²) >= 11 is 0. The molecule has 0 saturated carbocycles. The Labute approximate surface area is 120 Å². The van der Waals surface area contributed by atoms with E-state index in [1.165, 1.54) is 6.42 Å². The molecule has 3 rings (SSSR count). The molecule has 0 amide bonds. The monoisotopic (exact) mass is 280 g/mol. The highest BCUT2D eigenvalue weighted by molar-refractivity contribution is 5.04. The van der Waals surface area contributed by atoms with Crippen molar-refractivity contribution in [2.24, 2.45) is 0 Å². The van der Waals surface area contributed by atoms with Gasteiger partial charge in [0.15, 0.2) is 0 Å². The molecule has 1 aromatic rings. The molecule has 2 atom stereocenters. The molecule has 3 heterocycles. The first kappa shape index (κ1) is 14.0. The highest BCUT2D eigenvalue weighted by Crippen LogP contribution is 2.36. The van der Waals surface area contributed by atoms with Gasteiger partial charge in [-0.05, 0) is 33.2 Å². The Morgan fingerprint density at radius 2 is 2.45 bits per heavy atom. The van der Waals surface area contributed by atoms with Crippen LogP contribution in [-0.4, -0.2) is 48.1 Å². The summed E-state index contributed by atoms with van der Waals surface area (Å²) in [5, 5.41) is 4.09. The van der Waals surface area contributed by atoms with E-state index in [9.17, 15) is 0 Å². The average Bonchev–Trinajstić information content (AvgIpc) is 2.98. The molecular weight excluding hydrogens is 256 g/mol. The van der Waals surface area contributed by atoms with Crippen LogP contribution in [0.15, 0.2) is 10.6 Å². The Balaban J connectivity index is 1.59. The number of hydrogen-bond acceptors (Lipinski definition) is 5. The summed E-state index contributed by atoms with van der Waals surface area (Å²) < 4.78 is 17.0. The molecule has 0 radical (unpaired) electrons. The van der Waals surface area contributed by atoms with Crippen LogP contribution in [-0.2, 0) is 16.0 Å². The van der Waals surface area contributed by atoms with Crippen molar-refractivity contribution in [2.75, 3.05) is 26.3 Å². The molecule has 2 aliphatic heterocycles. The van der Waals surface area contributed by atoms with Crippen LogP contribution in [0.3, 0.4) is 0 Å². The van der Waals surface area contributed by atoms with Crippen LogP contribution in [0.25, 0.3) is 0 Å². The van der Waals surface area contributed by atoms with Crippen LogP contribution < -0.4 is 0 Å². The maximum absolute atomic E-state index is 6.11. The van der Waals surface area contributed by atoms with Gasteiger partial charge in [-0.1, -0.05) is 5.16 Å². The van der Waals surface area contributed by atoms with Gasteiger partial charge in [0.25, 0.3) is 0 Å². The summed E-state index contributed by atoms with van der Waals surface area (Å²) in [6.45, 7) is 8.42. The van der Waals surface area contributed by atoms with Crippen molar-refractivity contribution in [1.29, 1.82) is 0 Å². The first-order valence-corrected chi connectivity index (χ1v) is 7.59. The van der Waals surface area contributed by atoms with E-state index in [2.05, 4.69) is 10.1 Å². The van der Waals surface area contributed by atoms with Crippen molar-refractivity contribution in [3.63, 3.8) is 0 Å². The molecule has 2 aliphatic rings. The second kappa shape index (κ2) is 5.84. The van der Waals surface area contributed by atoms with E-state index in [-0.39, 0.29) is 11.7 Å². The summed E-state index contributed by atoms with van der Waals surface area (Å²) in [5.41, 5.74) is 1.01. The molecule has 20 heavy (non-hydrogen) atoms. The van der Waals surface area contributed by atoms with Crippen molar-refractivity contribution in [3.8, 4) is 0 Å². The molecule has 5 nitrogen and oxygen atoms in total. The predicted octanol–water partition coefficient (Wildman–Crippen LogP) is 2.14. The van der Waals surface area contributed by atoms with E-state index in [4.69, 9.17) is 14.0 Å². The third-order valence-electron chi connectivity index (χ3n) is 4.26. The normalized spacial score (nSPS) is 31.2. The molecule has 112 valence electrons. The second-order valence-corrected chi connectivity index (χ2v) is 6.02. The van der Waals surface area contributed by atoms with Crippen LogP contribution in [0.4, 0.5) is 0 Å². The first-order valence-electron chi connectivity index (χ1n) is 7.59. The maximum Gasteiger partial charge on any atom is 0.133 e. The zero-order valence-corrected chi connectivity index (χ0v) is 12.4. The molecule has 0 unspecified atom stereocenters. The van der Waals surface area contributed by atoms with Crippen LogP contribution in [0, 0.1) is 6.92 Å². The van der Waals surface area contributed by atoms with Crippen LogP contribution in [0.1, 0.15) is 37.6 Å². The molecule has 0 aromatic carbocycles. The Bertz CT molecular complexity index is 448. The van der Waals surface area contributed by atoms with Crippen molar-refractivity contribution in [2.45, 2.75) is 51.4 Å². The Morgan fingerprint density at radius 3 is 3.20 bits per heavy atom. The van der Waals surface area contributed by atoms with Gasteiger partial charge in [-0.2, -0.15) is 0 Å². The molecule has 5 heteroatoms. The van der Waals surface area contributed by atoms with Crippen molar-refractivity contribution >= 4 is 0 Å². The van der Waals surface area contributed by atoms with Gasteiger partial charge in [0.1, 0.15) is 5.76 Å². The molecular formula is C15H24N2O3. The number of aromatic nitrogens is 1. The van der Waals surface area contributed by atoms with E-state index in [1.54, 1.807) is 0 Å². The zero-order chi connectivity index (χ0) is 14.0. The van der Waals surface area contributed by atoms with Crippen molar-refractivity contribution in [1.82, 2.24) is 10.1 Å². The van der Waals surface area contributed by atoms with Gasteiger partial charge < -0.3 is 14.0 Å². The number of rotatable bonds is 4. The summed E-state index contributed by atoms with van der Waals surface area (Å²) in [6.07, 6.45) is 3.62. The quantitative estimate of drug-likeness (QED) is 0.845. The minimum absolute atomic E-state index is 0.00311. The minimum atomic E-state index is -0.00311. The van der Waals surface area contributed by atoms with Gasteiger partial charge in [-0.25, -0.2) is 0 Å². The predicted molar refractivity (Wildman–Crippen MR) is 74.5 cm³/mol. The highest BCUT2D eigenvalue weighted by atomic mass is 16.6. The standard InChI is InChI=1S/C15H24N2O3/c1-3-18-14-8-15(19-10-14)5-4-6-17(11-15)9-13-7-12(2)20-16-13/h7,14H,3-6,8-11H2,1-2H3/t14-,15+/m1/s1. The average molecular weight is 280 g/mol. The highest BCUT2D eigenvalue weighted by Gasteiger charge is 2.43. The lowest BCUT2D eigenvalue weighted by molar-refractivity contribution is -0.0549. The minimum Gasteiger partial charge on any atom is -0.376 e. The van der Waals surface area contributed by atoms with E-state index in [0.29, 0.717) is 0 Å². The molecule has 1 spiro atoms. The van der Waals surface area contributed by atoms with E-state index in [0.717, 1.165) is 57.1 Å². The van der Waals surface area contributed by atoms with Gasteiger partial charge in [0, 0.05) is 32.2 Å². The van der Waals surface area contributed by atoms with Gasteiger partial charge in [0.2, 0.25) is 0 Å². The van der Waals surface area contributed by atoms with E-state index in [1.807, 2.05) is 19.9 Å². The van der Waals surface area contributed by atoms with Gasteiger partial charge in [-0.3, -0.25) is 4.90 Å². The topological polar surface area (TPSA) is 47.7 Å². The van der Waals surface area contributed by atoms with E-state index >= 15 is 0 Å². The molecule has 0 bridgehead atoms. The third kappa shape index (κ3) is 3.05. The summed E-state index contributed by atoms with van der Waals surface area (Å²) in [6, 6.07) is 2.01.